The van der Waals surface area contributed by atoms with Crippen LogP contribution in [0.2, 0.25) is 0 Å². The Hall–Kier alpha value is -0.0800. The first-order chi connectivity index (χ1) is 7.74. The van der Waals surface area contributed by atoms with E-state index >= 15 is 0 Å². The first-order valence-corrected chi connectivity index (χ1v) is 7.17. The highest BCUT2D eigenvalue weighted by molar-refractivity contribution is 4.88. The quantitative estimate of drug-likeness (QED) is 0.772. The SMILES string of the molecule is CCC(CC1CC1)N1CCC(NC)CC1C. The minimum atomic E-state index is 0.754. The summed E-state index contributed by atoms with van der Waals surface area (Å²) >= 11 is 0. The molecule has 0 radical (unpaired) electrons. The number of piperidine rings is 1. The molecule has 3 unspecified atom stereocenters. The highest BCUT2D eigenvalue weighted by Crippen LogP contribution is 2.36. The lowest BCUT2D eigenvalue weighted by molar-refractivity contribution is 0.0794. The van der Waals surface area contributed by atoms with Crippen LogP contribution in [0.1, 0.15) is 52.4 Å². The fraction of sp³-hybridized carbons (Fsp3) is 1.00. The van der Waals surface area contributed by atoms with Crippen molar-refractivity contribution < 1.29 is 0 Å². The van der Waals surface area contributed by atoms with E-state index in [1.54, 1.807) is 0 Å². The van der Waals surface area contributed by atoms with Gasteiger partial charge in [0, 0.05) is 24.7 Å². The number of hydrogen-bond acceptors (Lipinski definition) is 2. The van der Waals surface area contributed by atoms with E-state index in [4.69, 9.17) is 0 Å². The maximum Gasteiger partial charge on any atom is 0.00981 e. The summed E-state index contributed by atoms with van der Waals surface area (Å²) in [5.74, 6) is 1.07. The predicted octanol–water partition coefficient (Wildman–Crippen LogP) is 2.64. The van der Waals surface area contributed by atoms with Gasteiger partial charge in [-0.1, -0.05) is 19.8 Å². The van der Waals surface area contributed by atoms with Crippen LogP contribution in [-0.4, -0.2) is 36.6 Å². The molecule has 0 spiro atoms. The van der Waals surface area contributed by atoms with Gasteiger partial charge in [-0.05, 0) is 45.6 Å². The van der Waals surface area contributed by atoms with Crippen molar-refractivity contribution in [2.45, 2.75) is 70.5 Å². The third-order valence-electron chi connectivity index (χ3n) is 4.58. The zero-order chi connectivity index (χ0) is 11.5. The van der Waals surface area contributed by atoms with Gasteiger partial charge < -0.3 is 5.32 Å². The normalized spacial score (nSPS) is 33.9. The molecular weight excluding hydrogens is 196 g/mol. The summed E-state index contributed by atoms with van der Waals surface area (Å²) in [5.41, 5.74) is 0. The summed E-state index contributed by atoms with van der Waals surface area (Å²) in [6.07, 6.45) is 8.46. The third kappa shape index (κ3) is 2.98. The first kappa shape index (κ1) is 12.4. The number of likely N-dealkylation sites (tertiary alicyclic amines) is 1. The van der Waals surface area contributed by atoms with Crippen LogP contribution in [0, 0.1) is 5.92 Å². The van der Waals surface area contributed by atoms with E-state index in [1.807, 2.05) is 0 Å². The van der Waals surface area contributed by atoms with Crippen LogP contribution in [0.3, 0.4) is 0 Å². The van der Waals surface area contributed by atoms with Crippen molar-refractivity contribution in [3.05, 3.63) is 0 Å². The van der Waals surface area contributed by atoms with E-state index in [9.17, 15) is 0 Å². The summed E-state index contributed by atoms with van der Waals surface area (Å²) in [4.78, 5) is 2.78. The number of nitrogens with one attached hydrogen (secondary N) is 1. The number of nitrogens with zero attached hydrogens (tertiary/aromatic N) is 1. The molecule has 1 N–H and O–H groups in total. The summed E-state index contributed by atoms with van der Waals surface area (Å²) < 4.78 is 0. The van der Waals surface area contributed by atoms with E-state index in [1.165, 1.54) is 45.1 Å². The Morgan fingerprint density at radius 2 is 2.06 bits per heavy atom. The average Bonchev–Trinajstić information content (AvgIpc) is 3.10. The molecule has 94 valence electrons. The molecule has 0 aromatic heterocycles. The summed E-state index contributed by atoms with van der Waals surface area (Å²) in [6.45, 7) is 6.08. The second-order valence-corrected chi connectivity index (χ2v) is 5.84. The maximum absolute atomic E-state index is 3.44. The highest BCUT2D eigenvalue weighted by atomic mass is 15.2. The van der Waals surface area contributed by atoms with Gasteiger partial charge in [-0.2, -0.15) is 0 Å². The molecule has 1 heterocycles. The van der Waals surface area contributed by atoms with Gasteiger partial charge in [-0.15, -0.1) is 0 Å². The Morgan fingerprint density at radius 3 is 2.56 bits per heavy atom. The van der Waals surface area contributed by atoms with Crippen molar-refractivity contribution in [3.63, 3.8) is 0 Å². The Bertz CT molecular complexity index is 213. The Morgan fingerprint density at radius 1 is 1.31 bits per heavy atom. The molecular formula is C14H28N2. The molecule has 0 amide bonds. The molecule has 1 saturated heterocycles. The predicted molar refractivity (Wildman–Crippen MR) is 69.7 cm³/mol. The largest absolute Gasteiger partial charge is 0.317 e. The zero-order valence-corrected chi connectivity index (χ0v) is 11.2. The van der Waals surface area contributed by atoms with Crippen LogP contribution < -0.4 is 5.32 Å². The molecule has 16 heavy (non-hydrogen) atoms. The topological polar surface area (TPSA) is 15.3 Å². The minimum Gasteiger partial charge on any atom is -0.317 e. The Kier molecular flexibility index (Phi) is 4.26. The standard InChI is InChI=1S/C14H28N2/c1-4-14(10-12-5-6-12)16-8-7-13(15-3)9-11(16)2/h11-15H,4-10H2,1-3H3. The van der Waals surface area contributed by atoms with Gasteiger partial charge in [0.05, 0.1) is 0 Å². The lowest BCUT2D eigenvalue weighted by Crippen LogP contribution is -2.50. The van der Waals surface area contributed by atoms with Crippen LogP contribution in [0.4, 0.5) is 0 Å². The van der Waals surface area contributed by atoms with Crippen molar-refractivity contribution in [3.8, 4) is 0 Å². The van der Waals surface area contributed by atoms with Gasteiger partial charge in [-0.25, -0.2) is 0 Å². The van der Waals surface area contributed by atoms with Crippen molar-refractivity contribution in [2.24, 2.45) is 5.92 Å². The molecule has 2 fully saturated rings. The first-order valence-electron chi connectivity index (χ1n) is 7.17. The van der Waals surface area contributed by atoms with Gasteiger partial charge in [0.2, 0.25) is 0 Å². The lowest BCUT2D eigenvalue weighted by Gasteiger charge is -2.42. The van der Waals surface area contributed by atoms with Crippen LogP contribution in [-0.2, 0) is 0 Å². The molecule has 1 aliphatic carbocycles. The average molecular weight is 224 g/mol. The monoisotopic (exact) mass is 224 g/mol. The van der Waals surface area contributed by atoms with Crippen LogP contribution in [0.15, 0.2) is 0 Å². The molecule has 1 saturated carbocycles. The molecule has 0 aromatic rings. The third-order valence-corrected chi connectivity index (χ3v) is 4.58. The minimum absolute atomic E-state index is 0.754. The van der Waals surface area contributed by atoms with E-state index in [2.05, 4.69) is 31.1 Å². The molecule has 2 heteroatoms. The van der Waals surface area contributed by atoms with Crippen LogP contribution in [0.25, 0.3) is 0 Å². The van der Waals surface area contributed by atoms with Crippen molar-refractivity contribution in [1.29, 1.82) is 0 Å². The van der Waals surface area contributed by atoms with E-state index < -0.39 is 0 Å². The summed E-state index contributed by atoms with van der Waals surface area (Å²) in [5, 5.41) is 3.44. The maximum atomic E-state index is 3.44. The van der Waals surface area contributed by atoms with Crippen molar-refractivity contribution >= 4 is 0 Å². The zero-order valence-electron chi connectivity index (χ0n) is 11.2. The fourth-order valence-corrected chi connectivity index (χ4v) is 3.27. The van der Waals surface area contributed by atoms with Crippen LogP contribution in [0.5, 0.6) is 0 Å². The van der Waals surface area contributed by atoms with Gasteiger partial charge >= 0.3 is 0 Å². The Balaban J connectivity index is 1.86. The van der Waals surface area contributed by atoms with Gasteiger partial charge in [-0.3, -0.25) is 4.90 Å². The van der Waals surface area contributed by atoms with Gasteiger partial charge in [0.15, 0.2) is 0 Å². The number of hydrogen-bond donors (Lipinski definition) is 1. The van der Waals surface area contributed by atoms with Gasteiger partial charge in [0.25, 0.3) is 0 Å². The Labute approximate surface area is 101 Å². The molecule has 2 rings (SSSR count). The molecule has 2 aliphatic rings. The van der Waals surface area contributed by atoms with Crippen LogP contribution >= 0.6 is 0 Å². The fourth-order valence-electron chi connectivity index (χ4n) is 3.27. The highest BCUT2D eigenvalue weighted by Gasteiger charge is 2.32. The lowest BCUT2D eigenvalue weighted by atomic mass is 9.94. The van der Waals surface area contributed by atoms with E-state index in [0.29, 0.717) is 0 Å². The molecule has 0 bridgehead atoms. The second-order valence-electron chi connectivity index (χ2n) is 5.84. The second kappa shape index (κ2) is 5.50. The van der Waals surface area contributed by atoms with Gasteiger partial charge in [0.1, 0.15) is 0 Å². The van der Waals surface area contributed by atoms with E-state index in [0.717, 1.165) is 24.0 Å². The van der Waals surface area contributed by atoms with Crippen molar-refractivity contribution in [1.82, 2.24) is 10.2 Å². The van der Waals surface area contributed by atoms with Crippen molar-refractivity contribution in [2.75, 3.05) is 13.6 Å². The molecule has 2 nitrogen and oxygen atoms in total. The molecule has 3 atom stereocenters. The van der Waals surface area contributed by atoms with E-state index in [-0.39, 0.29) is 0 Å². The summed E-state index contributed by atoms with van der Waals surface area (Å²) in [6, 6.07) is 2.39. The molecule has 1 aliphatic heterocycles. The number of rotatable bonds is 5. The summed E-state index contributed by atoms with van der Waals surface area (Å²) in [7, 11) is 2.11. The smallest absolute Gasteiger partial charge is 0.00981 e. The molecule has 0 aromatic carbocycles.